The molecule has 6 nitrogen and oxygen atoms in total. The number of amides is 1. The van der Waals surface area contributed by atoms with Crippen LogP contribution >= 0.6 is 12.4 Å². The highest BCUT2D eigenvalue weighted by atomic mass is 35.5. The quantitative estimate of drug-likeness (QED) is 0.743. The van der Waals surface area contributed by atoms with Gasteiger partial charge in [0.25, 0.3) is 5.91 Å². The van der Waals surface area contributed by atoms with Gasteiger partial charge in [-0.1, -0.05) is 32.0 Å². The summed E-state index contributed by atoms with van der Waals surface area (Å²) < 4.78 is 16.3. The highest BCUT2D eigenvalue weighted by Gasteiger charge is 2.18. The zero-order chi connectivity index (χ0) is 17.8. The molecule has 1 atom stereocenters. The summed E-state index contributed by atoms with van der Waals surface area (Å²) >= 11 is 0. The van der Waals surface area contributed by atoms with E-state index in [9.17, 15) is 4.79 Å². The van der Waals surface area contributed by atoms with Gasteiger partial charge in [0.05, 0.1) is 11.4 Å². The maximum atomic E-state index is 12.2. The molecule has 1 aliphatic heterocycles. The predicted octanol–water partition coefficient (Wildman–Crippen LogP) is 3.95. The number of anilines is 2. The first kappa shape index (κ1) is 19.7. The highest BCUT2D eigenvalue weighted by Crippen LogP contribution is 2.38. The van der Waals surface area contributed by atoms with Crippen molar-refractivity contribution in [2.45, 2.75) is 26.2 Å². The first-order valence-electron chi connectivity index (χ1n) is 8.29. The Labute approximate surface area is 159 Å². The minimum atomic E-state index is -0.287. The molecule has 140 valence electrons. The van der Waals surface area contributed by atoms with E-state index in [0.29, 0.717) is 28.8 Å². The van der Waals surface area contributed by atoms with E-state index in [-0.39, 0.29) is 31.7 Å². The second-order valence-electron chi connectivity index (χ2n) is 5.98. The van der Waals surface area contributed by atoms with Crippen molar-refractivity contribution in [3.63, 3.8) is 0 Å². The van der Waals surface area contributed by atoms with Gasteiger partial charge >= 0.3 is 0 Å². The fourth-order valence-electron chi connectivity index (χ4n) is 2.63. The Morgan fingerprint density at radius 3 is 2.69 bits per heavy atom. The lowest BCUT2D eigenvalue weighted by molar-refractivity contribution is -0.118. The minimum Gasteiger partial charge on any atom is -0.483 e. The zero-order valence-electron chi connectivity index (χ0n) is 14.8. The van der Waals surface area contributed by atoms with Gasteiger partial charge in [0.1, 0.15) is 5.75 Å². The first-order chi connectivity index (χ1) is 12.1. The van der Waals surface area contributed by atoms with Crippen molar-refractivity contribution in [3.8, 4) is 17.2 Å². The normalized spacial score (nSPS) is 12.8. The average Bonchev–Trinajstić information content (AvgIpc) is 3.07. The Morgan fingerprint density at radius 2 is 1.96 bits per heavy atom. The van der Waals surface area contributed by atoms with Crippen LogP contribution in [0.1, 0.15) is 31.7 Å². The molecule has 0 fully saturated rings. The molecule has 1 amide bonds. The van der Waals surface area contributed by atoms with Gasteiger partial charge in [-0.25, -0.2) is 0 Å². The molecule has 0 spiro atoms. The third kappa shape index (κ3) is 4.32. The van der Waals surface area contributed by atoms with Crippen LogP contribution < -0.4 is 25.3 Å². The lowest BCUT2D eigenvalue weighted by atomic mass is 9.98. The molecule has 0 aliphatic carbocycles. The third-order valence-corrected chi connectivity index (χ3v) is 4.24. The summed E-state index contributed by atoms with van der Waals surface area (Å²) in [6.45, 7) is 4.31. The number of ether oxygens (including phenoxy) is 3. The molecule has 7 heteroatoms. The number of hydrogen-bond acceptors (Lipinski definition) is 5. The Kier molecular flexibility index (Phi) is 6.58. The van der Waals surface area contributed by atoms with Crippen LogP contribution in [0.3, 0.4) is 0 Å². The van der Waals surface area contributed by atoms with Gasteiger partial charge in [-0.3, -0.25) is 4.79 Å². The van der Waals surface area contributed by atoms with Crippen LogP contribution in [0.2, 0.25) is 0 Å². The number of hydrogen-bond donors (Lipinski definition) is 2. The van der Waals surface area contributed by atoms with E-state index in [1.165, 1.54) is 0 Å². The van der Waals surface area contributed by atoms with E-state index < -0.39 is 0 Å². The standard InChI is InChI=1S/C19H22N2O4.ClH/c1-3-12(2)13-6-4-5-7-16(13)23-10-19(22)21-15-9-18-17(8-14(15)20)24-11-25-18;/h4-9,12H,3,10-11,20H2,1-2H3,(H,21,22);1H. The molecular formula is C19H23ClN2O4. The number of rotatable bonds is 6. The molecule has 0 saturated heterocycles. The summed E-state index contributed by atoms with van der Waals surface area (Å²) in [7, 11) is 0. The SMILES string of the molecule is CCC(C)c1ccccc1OCC(=O)Nc1cc2c(cc1N)OCO2.Cl. The average molecular weight is 379 g/mol. The summed E-state index contributed by atoms with van der Waals surface area (Å²) in [6.07, 6.45) is 1.00. The zero-order valence-corrected chi connectivity index (χ0v) is 15.6. The van der Waals surface area contributed by atoms with E-state index in [4.69, 9.17) is 19.9 Å². The van der Waals surface area contributed by atoms with Crippen molar-refractivity contribution in [1.29, 1.82) is 0 Å². The van der Waals surface area contributed by atoms with Crippen LogP contribution in [-0.4, -0.2) is 19.3 Å². The summed E-state index contributed by atoms with van der Waals surface area (Å²) in [4.78, 5) is 12.2. The van der Waals surface area contributed by atoms with E-state index in [0.717, 1.165) is 17.7 Å². The topological polar surface area (TPSA) is 82.8 Å². The Bertz CT molecular complexity index is 782. The van der Waals surface area contributed by atoms with Gasteiger partial charge in [-0.15, -0.1) is 12.4 Å². The summed E-state index contributed by atoms with van der Waals surface area (Å²) in [6, 6.07) is 11.1. The molecule has 0 aromatic heterocycles. The van der Waals surface area contributed by atoms with Crippen LogP contribution in [0.15, 0.2) is 36.4 Å². The van der Waals surface area contributed by atoms with Gasteiger partial charge in [0.15, 0.2) is 18.1 Å². The van der Waals surface area contributed by atoms with E-state index in [1.54, 1.807) is 12.1 Å². The van der Waals surface area contributed by atoms with Gasteiger partial charge < -0.3 is 25.3 Å². The fourth-order valence-corrected chi connectivity index (χ4v) is 2.63. The number of nitrogens with one attached hydrogen (secondary N) is 1. The van der Waals surface area contributed by atoms with Gasteiger partial charge in [0, 0.05) is 12.1 Å². The van der Waals surface area contributed by atoms with Crippen LogP contribution in [0.5, 0.6) is 17.2 Å². The molecule has 0 radical (unpaired) electrons. The molecule has 2 aromatic rings. The molecule has 3 rings (SSSR count). The molecule has 3 N–H and O–H groups in total. The van der Waals surface area contributed by atoms with Crippen molar-refractivity contribution in [1.82, 2.24) is 0 Å². The largest absolute Gasteiger partial charge is 0.483 e. The smallest absolute Gasteiger partial charge is 0.262 e. The number of carbonyl (C=O) groups excluding carboxylic acids is 1. The second-order valence-corrected chi connectivity index (χ2v) is 5.98. The van der Waals surface area contributed by atoms with Crippen molar-refractivity contribution in [2.75, 3.05) is 24.5 Å². The lowest BCUT2D eigenvalue weighted by Crippen LogP contribution is -2.21. The molecule has 0 saturated carbocycles. The Hall–Kier alpha value is -2.60. The summed E-state index contributed by atoms with van der Waals surface area (Å²) in [5.41, 5.74) is 7.93. The molecule has 1 unspecified atom stereocenters. The first-order valence-corrected chi connectivity index (χ1v) is 8.29. The van der Waals surface area contributed by atoms with Gasteiger partial charge in [-0.2, -0.15) is 0 Å². The highest BCUT2D eigenvalue weighted by molar-refractivity contribution is 5.95. The van der Waals surface area contributed by atoms with E-state index in [1.807, 2.05) is 24.3 Å². The maximum Gasteiger partial charge on any atom is 0.262 e. The van der Waals surface area contributed by atoms with Crippen LogP contribution in [0.4, 0.5) is 11.4 Å². The molecule has 26 heavy (non-hydrogen) atoms. The van der Waals surface area contributed by atoms with Crippen molar-refractivity contribution in [2.24, 2.45) is 0 Å². The Balaban J connectivity index is 0.00000243. The van der Waals surface area contributed by atoms with Gasteiger partial charge in [-0.05, 0) is 24.0 Å². The van der Waals surface area contributed by atoms with Crippen LogP contribution in [0.25, 0.3) is 0 Å². The number of para-hydroxylation sites is 1. The van der Waals surface area contributed by atoms with Gasteiger partial charge in [0.2, 0.25) is 6.79 Å². The minimum absolute atomic E-state index is 0. The Morgan fingerprint density at radius 1 is 1.27 bits per heavy atom. The number of benzene rings is 2. The van der Waals surface area contributed by atoms with E-state index >= 15 is 0 Å². The number of halogens is 1. The molecular weight excluding hydrogens is 356 g/mol. The van der Waals surface area contributed by atoms with E-state index in [2.05, 4.69) is 19.2 Å². The molecule has 1 aliphatic rings. The molecule has 2 aromatic carbocycles. The number of nitrogens with two attached hydrogens (primary N) is 1. The van der Waals surface area contributed by atoms with Crippen molar-refractivity contribution >= 4 is 29.7 Å². The number of carbonyl (C=O) groups is 1. The summed E-state index contributed by atoms with van der Waals surface area (Å²) in [5.74, 6) is 1.95. The van der Waals surface area contributed by atoms with Crippen molar-refractivity contribution in [3.05, 3.63) is 42.0 Å². The molecule has 1 heterocycles. The second kappa shape index (κ2) is 8.67. The number of fused-ring (bicyclic) bond motifs is 1. The predicted molar refractivity (Wildman–Crippen MR) is 103 cm³/mol. The van der Waals surface area contributed by atoms with Crippen molar-refractivity contribution < 1.29 is 19.0 Å². The summed E-state index contributed by atoms with van der Waals surface area (Å²) in [5, 5.41) is 2.75. The van der Waals surface area contributed by atoms with Crippen LogP contribution in [-0.2, 0) is 4.79 Å². The lowest BCUT2D eigenvalue weighted by Gasteiger charge is -2.16. The maximum absolute atomic E-state index is 12.2. The fraction of sp³-hybridized carbons (Fsp3) is 0.316. The number of nitrogen functional groups attached to an aromatic ring is 1. The molecule has 0 bridgehead atoms. The van der Waals surface area contributed by atoms with Crippen LogP contribution in [0, 0.1) is 0 Å². The third-order valence-electron chi connectivity index (χ3n) is 4.24. The monoisotopic (exact) mass is 378 g/mol.